The van der Waals surface area contributed by atoms with E-state index in [-0.39, 0.29) is 22.8 Å². The minimum atomic E-state index is -0.268. The van der Waals surface area contributed by atoms with Crippen molar-refractivity contribution in [1.82, 2.24) is 14.6 Å². The molecule has 2 aliphatic heterocycles. The van der Waals surface area contributed by atoms with E-state index in [1.807, 2.05) is 16.9 Å². The molecule has 1 saturated heterocycles. The fraction of sp³-hybridized carbons (Fsp3) is 0.423. The van der Waals surface area contributed by atoms with Gasteiger partial charge in [-0.15, -0.1) is 11.3 Å². The number of ether oxygens (including phenoxy) is 2. The Balaban J connectivity index is 1.56. The summed E-state index contributed by atoms with van der Waals surface area (Å²) in [7, 11) is 1.66. The second-order valence-electron chi connectivity index (χ2n) is 9.26. The van der Waals surface area contributed by atoms with Crippen molar-refractivity contribution in [2.24, 2.45) is 0 Å². The number of nitrogens with zero attached hydrogens (tertiary/aromatic N) is 4. The zero-order valence-corrected chi connectivity index (χ0v) is 21.4. The maximum absolute atomic E-state index is 12.7. The maximum Gasteiger partial charge on any atom is 0.193 e. The molecule has 4 heterocycles. The van der Waals surface area contributed by atoms with Gasteiger partial charge in [0.25, 0.3) is 0 Å². The largest absolute Gasteiger partial charge is 0.496 e. The number of carbonyl (C=O) groups excluding carboxylic acids is 1. The van der Waals surface area contributed by atoms with Gasteiger partial charge in [-0.1, -0.05) is 0 Å². The summed E-state index contributed by atoms with van der Waals surface area (Å²) in [6, 6.07) is 5.85. The van der Waals surface area contributed by atoms with E-state index in [0.29, 0.717) is 12.3 Å². The fourth-order valence-electron chi connectivity index (χ4n) is 4.70. The van der Waals surface area contributed by atoms with Crippen LogP contribution >= 0.6 is 11.3 Å². The summed E-state index contributed by atoms with van der Waals surface area (Å²) < 4.78 is 13.2. The van der Waals surface area contributed by atoms with Crippen LogP contribution in [0, 0.1) is 0 Å². The van der Waals surface area contributed by atoms with Crippen molar-refractivity contribution in [2.45, 2.75) is 39.9 Å². The highest BCUT2D eigenvalue weighted by Gasteiger charge is 2.27. The molecule has 184 valence electrons. The molecule has 0 saturated carbocycles. The van der Waals surface area contributed by atoms with Crippen LogP contribution in [0.25, 0.3) is 21.8 Å². The highest BCUT2D eigenvalue weighted by molar-refractivity contribution is 7.15. The van der Waals surface area contributed by atoms with E-state index in [2.05, 4.69) is 29.8 Å². The number of Topliss-reactive ketones (excluding diaryl/α,β-unsaturated/α-hetero) is 1. The first kappa shape index (κ1) is 23.7. The molecule has 0 amide bonds. The molecule has 2 aliphatic rings. The first-order valence-electron chi connectivity index (χ1n) is 11.9. The van der Waals surface area contributed by atoms with Crippen molar-refractivity contribution in [2.75, 3.05) is 38.4 Å². The van der Waals surface area contributed by atoms with E-state index in [1.54, 1.807) is 30.7 Å². The molecule has 0 atom stereocenters. The summed E-state index contributed by atoms with van der Waals surface area (Å²) in [5, 5.41) is 3.07. The van der Waals surface area contributed by atoms with E-state index in [0.717, 1.165) is 60.2 Å². The predicted molar refractivity (Wildman–Crippen MR) is 137 cm³/mol. The second-order valence-corrected chi connectivity index (χ2v) is 10.4. The smallest absolute Gasteiger partial charge is 0.193 e. The minimum Gasteiger partial charge on any atom is -0.496 e. The summed E-state index contributed by atoms with van der Waals surface area (Å²) in [6.45, 7) is 10.6. The molecule has 0 unspecified atom stereocenters. The number of thiazole rings is 1. The number of aromatic nitrogens is 2. The molecular weight excluding hydrogens is 464 g/mol. The van der Waals surface area contributed by atoms with Gasteiger partial charge in [0, 0.05) is 54.6 Å². The highest BCUT2D eigenvalue weighted by Crippen LogP contribution is 2.41. The number of fused-ring (bicyclic) bond motifs is 3. The minimum absolute atomic E-state index is 0.162. The molecule has 9 heteroatoms. The predicted octanol–water partition coefficient (Wildman–Crippen LogP) is 3.54. The number of pyridine rings is 1. The molecular formula is C26H30N4O4S. The third-order valence-corrected chi connectivity index (χ3v) is 7.60. The number of rotatable bonds is 6. The number of hydrogen-bond acceptors (Lipinski definition) is 8. The van der Waals surface area contributed by atoms with Crippen molar-refractivity contribution >= 4 is 17.1 Å². The highest BCUT2D eigenvalue weighted by atomic mass is 32.1. The lowest BCUT2D eigenvalue weighted by atomic mass is 9.97. The van der Waals surface area contributed by atoms with E-state index in [1.165, 1.54) is 11.8 Å². The Bertz CT molecular complexity index is 1320. The maximum atomic E-state index is 12.7. The van der Waals surface area contributed by atoms with Crippen molar-refractivity contribution < 1.29 is 14.3 Å². The Morgan fingerprint density at radius 3 is 2.66 bits per heavy atom. The monoisotopic (exact) mass is 494 g/mol. The summed E-state index contributed by atoms with van der Waals surface area (Å²) in [4.78, 5) is 33.1. The van der Waals surface area contributed by atoms with E-state index < -0.39 is 0 Å². The third-order valence-electron chi connectivity index (χ3n) is 6.58. The molecule has 0 spiro atoms. The number of morpholine rings is 1. The molecule has 3 aromatic rings. The number of ketones is 1. The normalized spacial score (nSPS) is 15.7. The van der Waals surface area contributed by atoms with Crippen LogP contribution in [0.5, 0.6) is 5.75 Å². The van der Waals surface area contributed by atoms with E-state index in [9.17, 15) is 9.59 Å². The molecule has 0 N–H and O–H groups in total. The zero-order valence-electron chi connectivity index (χ0n) is 20.5. The zero-order chi connectivity index (χ0) is 24.7. The summed E-state index contributed by atoms with van der Waals surface area (Å²) >= 11 is 1.68. The van der Waals surface area contributed by atoms with Crippen LogP contribution in [0.4, 0.5) is 0 Å². The third kappa shape index (κ3) is 4.51. The molecule has 1 fully saturated rings. The molecule has 2 aromatic heterocycles. The number of methoxy groups -OCH3 is 1. The van der Waals surface area contributed by atoms with Crippen LogP contribution < -0.4 is 15.2 Å². The quantitative estimate of drug-likeness (QED) is 0.485. The Labute approximate surface area is 208 Å². The summed E-state index contributed by atoms with van der Waals surface area (Å²) in [5.74, 6) is 0.480. The van der Waals surface area contributed by atoms with Crippen molar-refractivity contribution in [3.05, 3.63) is 56.8 Å². The first-order valence-corrected chi connectivity index (χ1v) is 12.7. The van der Waals surface area contributed by atoms with Gasteiger partial charge in [0.1, 0.15) is 10.8 Å². The molecule has 0 bridgehead atoms. The van der Waals surface area contributed by atoms with Gasteiger partial charge in [-0.3, -0.25) is 19.2 Å². The van der Waals surface area contributed by atoms with Gasteiger partial charge in [0.2, 0.25) is 0 Å². The van der Waals surface area contributed by atoms with E-state index in [4.69, 9.17) is 14.5 Å². The molecule has 35 heavy (non-hydrogen) atoms. The number of hydrogen-bond donors (Lipinski definition) is 0. The van der Waals surface area contributed by atoms with Crippen molar-refractivity contribution in [1.29, 1.82) is 0 Å². The Morgan fingerprint density at radius 2 is 1.97 bits per heavy atom. The van der Waals surface area contributed by atoms with Crippen LogP contribution in [0.2, 0.25) is 0 Å². The van der Waals surface area contributed by atoms with E-state index >= 15 is 0 Å². The molecule has 0 radical (unpaired) electrons. The van der Waals surface area contributed by atoms with Crippen LogP contribution in [0.1, 0.15) is 41.6 Å². The summed E-state index contributed by atoms with van der Waals surface area (Å²) in [5.41, 5.74) is 3.66. The van der Waals surface area contributed by atoms with Gasteiger partial charge < -0.3 is 14.5 Å². The number of carbonyl (C=O) groups is 1. The second kappa shape index (κ2) is 9.56. The summed E-state index contributed by atoms with van der Waals surface area (Å²) in [6.07, 6.45) is 3.62. The van der Waals surface area contributed by atoms with Crippen LogP contribution in [0.3, 0.4) is 0 Å². The topological polar surface area (TPSA) is 76.9 Å². The van der Waals surface area contributed by atoms with Gasteiger partial charge in [0.05, 0.1) is 43.7 Å². The van der Waals surface area contributed by atoms with Gasteiger partial charge in [0.15, 0.2) is 11.2 Å². The SMILES string of the molecule is COc1cc2c(cc1-c1ncc(CN3CCOCC3)s1)CN(C(C)C)n1cc(C(C)=O)c(=O)cc1-2. The van der Waals surface area contributed by atoms with Crippen LogP contribution in [0.15, 0.2) is 35.4 Å². The van der Waals surface area contributed by atoms with Crippen LogP contribution in [-0.4, -0.2) is 59.8 Å². The fourth-order valence-corrected chi connectivity index (χ4v) is 5.67. The molecule has 5 rings (SSSR count). The van der Waals surface area contributed by atoms with Crippen molar-refractivity contribution in [3.63, 3.8) is 0 Å². The molecule has 8 nitrogen and oxygen atoms in total. The van der Waals surface area contributed by atoms with Gasteiger partial charge in [-0.2, -0.15) is 0 Å². The molecule has 1 aromatic carbocycles. The number of benzene rings is 1. The standard InChI is InChI=1S/C26H30N4O4S/c1-16(2)29-13-18-9-21(26-27-12-19(35-26)14-28-5-7-34-8-6-28)25(33-4)10-20(18)23-11-24(32)22(17(3)31)15-30(23)29/h9-12,15-16H,5-8,13-14H2,1-4H3. The molecule has 0 aliphatic carbocycles. The Morgan fingerprint density at radius 1 is 1.20 bits per heavy atom. The van der Waals surface area contributed by atoms with Gasteiger partial charge in [-0.25, -0.2) is 4.98 Å². The Hall–Kier alpha value is -3.01. The first-order chi connectivity index (χ1) is 16.9. The Kier molecular flexibility index (Phi) is 6.48. The lowest BCUT2D eigenvalue weighted by molar-refractivity contribution is 0.0346. The lowest BCUT2D eigenvalue weighted by Gasteiger charge is -2.38. The van der Waals surface area contributed by atoms with Crippen molar-refractivity contribution in [3.8, 4) is 27.6 Å². The van der Waals surface area contributed by atoms with Crippen LogP contribution in [-0.2, 0) is 17.8 Å². The van der Waals surface area contributed by atoms with Gasteiger partial charge >= 0.3 is 0 Å². The average molecular weight is 495 g/mol. The average Bonchev–Trinajstić information content (AvgIpc) is 3.30. The lowest BCUT2D eigenvalue weighted by Crippen LogP contribution is -2.44. The van der Waals surface area contributed by atoms with Gasteiger partial charge in [-0.05, 0) is 38.5 Å².